The number of carbonyl (C=O) groups excluding carboxylic acids is 5. The number of nitrogens with zero attached hydrogens (tertiary/aromatic N) is 4. The van der Waals surface area contributed by atoms with Gasteiger partial charge in [0.25, 0.3) is 11.8 Å². The van der Waals surface area contributed by atoms with Crippen LogP contribution in [0.4, 0.5) is 5.69 Å². The maximum absolute atomic E-state index is 13.3. The van der Waals surface area contributed by atoms with Gasteiger partial charge in [0, 0.05) is 56.5 Å². The summed E-state index contributed by atoms with van der Waals surface area (Å²) in [4.78, 5) is 66.4. The standard InChI is InChI=1S/C30H36N6O6/c1-42-21-7-5-19(6-8-21)28(39)34-13-11-20(12-14-34)35-17-18(16-32-35)15-31-23-4-2-3-22-26(23)30(41)36(29(22)40)24-9-10-25(37)33-27(24)38/h2-4,16-17,19-21,24,31H,5-15H2,1H3,(H,33,37,38)/t19-,21-,24?. The van der Waals surface area contributed by atoms with Gasteiger partial charge in [-0.3, -0.25) is 38.9 Å². The molecule has 1 unspecified atom stereocenters. The molecule has 2 aromatic rings. The second-order valence-corrected chi connectivity index (χ2v) is 11.6. The predicted molar refractivity (Wildman–Crippen MR) is 150 cm³/mol. The van der Waals surface area contributed by atoms with Gasteiger partial charge in [-0.2, -0.15) is 5.10 Å². The summed E-state index contributed by atoms with van der Waals surface area (Å²) in [5.74, 6) is -1.74. The zero-order valence-electron chi connectivity index (χ0n) is 23.7. The summed E-state index contributed by atoms with van der Waals surface area (Å²) in [6, 6.07) is 4.20. The van der Waals surface area contributed by atoms with E-state index in [0.29, 0.717) is 12.2 Å². The van der Waals surface area contributed by atoms with Crippen molar-refractivity contribution in [3.05, 3.63) is 47.3 Å². The molecule has 12 nitrogen and oxygen atoms in total. The number of likely N-dealkylation sites (tertiary alicyclic amines) is 1. The van der Waals surface area contributed by atoms with Crippen molar-refractivity contribution < 1.29 is 28.7 Å². The van der Waals surface area contributed by atoms with Crippen molar-refractivity contribution in [2.24, 2.45) is 5.92 Å². The molecular weight excluding hydrogens is 540 g/mol. The van der Waals surface area contributed by atoms with E-state index in [0.717, 1.165) is 62.1 Å². The first-order valence-corrected chi connectivity index (χ1v) is 14.8. The Bertz CT molecular complexity index is 1400. The number of amides is 5. The van der Waals surface area contributed by atoms with Gasteiger partial charge in [-0.1, -0.05) is 6.07 Å². The number of aromatic nitrogens is 2. The number of nitrogens with one attached hydrogen (secondary N) is 2. The van der Waals surface area contributed by atoms with Crippen LogP contribution in [0, 0.1) is 5.92 Å². The van der Waals surface area contributed by atoms with Gasteiger partial charge in [-0.05, 0) is 57.1 Å². The molecule has 0 radical (unpaired) electrons. The van der Waals surface area contributed by atoms with Gasteiger partial charge in [0.05, 0.1) is 29.5 Å². The maximum Gasteiger partial charge on any atom is 0.264 e. The molecule has 3 fully saturated rings. The summed E-state index contributed by atoms with van der Waals surface area (Å²) in [6.45, 7) is 1.83. The van der Waals surface area contributed by atoms with Crippen molar-refractivity contribution in [3.8, 4) is 0 Å². The second kappa shape index (κ2) is 11.7. The van der Waals surface area contributed by atoms with Crippen molar-refractivity contribution >= 4 is 35.2 Å². The molecule has 0 spiro atoms. The average Bonchev–Trinajstić information content (AvgIpc) is 3.59. The Morgan fingerprint density at radius 3 is 2.50 bits per heavy atom. The number of piperidine rings is 2. The van der Waals surface area contributed by atoms with Crippen molar-refractivity contribution in [2.75, 3.05) is 25.5 Å². The fourth-order valence-corrected chi connectivity index (χ4v) is 6.68. The van der Waals surface area contributed by atoms with Crippen LogP contribution < -0.4 is 10.6 Å². The topological polar surface area (TPSA) is 143 Å². The number of methoxy groups -OCH3 is 1. The van der Waals surface area contributed by atoms with Crippen LogP contribution >= 0.6 is 0 Å². The van der Waals surface area contributed by atoms with Crippen LogP contribution in [-0.4, -0.2) is 81.5 Å². The maximum atomic E-state index is 13.3. The van der Waals surface area contributed by atoms with Crippen LogP contribution in [0.25, 0.3) is 0 Å². The van der Waals surface area contributed by atoms with Crippen molar-refractivity contribution in [1.82, 2.24) is 24.9 Å². The minimum Gasteiger partial charge on any atom is -0.381 e. The van der Waals surface area contributed by atoms with Crippen molar-refractivity contribution in [3.63, 3.8) is 0 Å². The lowest BCUT2D eigenvalue weighted by molar-refractivity contribution is -0.139. The number of fused-ring (bicyclic) bond motifs is 1. The molecule has 6 rings (SSSR count). The number of hydrogen-bond acceptors (Lipinski definition) is 8. The van der Waals surface area contributed by atoms with E-state index in [-0.39, 0.29) is 47.9 Å². The van der Waals surface area contributed by atoms with Crippen molar-refractivity contribution in [1.29, 1.82) is 0 Å². The molecule has 12 heteroatoms. The first-order valence-electron chi connectivity index (χ1n) is 14.8. The molecule has 1 saturated carbocycles. The summed E-state index contributed by atoms with van der Waals surface area (Å²) < 4.78 is 7.40. The van der Waals surface area contributed by atoms with Gasteiger partial charge in [-0.25, -0.2) is 0 Å². The van der Waals surface area contributed by atoms with E-state index in [4.69, 9.17) is 4.74 Å². The zero-order valence-corrected chi connectivity index (χ0v) is 23.7. The molecule has 2 N–H and O–H groups in total. The molecule has 2 saturated heterocycles. The van der Waals surface area contributed by atoms with E-state index in [1.807, 2.05) is 15.8 Å². The number of benzene rings is 1. The summed E-state index contributed by atoms with van der Waals surface area (Å²) >= 11 is 0. The van der Waals surface area contributed by atoms with Crippen LogP contribution in [0.1, 0.15) is 83.7 Å². The molecule has 1 aromatic carbocycles. The molecule has 5 amide bonds. The monoisotopic (exact) mass is 576 g/mol. The summed E-state index contributed by atoms with van der Waals surface area (Å²) in [5.41, 5.74) is 1.88. The molecule has 1 aromatic heterocycles. The normalized spacial score (nSPS) is 25.0. The average molecular weight is 577 g/mol. The lowest BCUT2D eigenvalue weighted by Gasteiger charge is -2.36. The number of carbonyl (C=O) groups is 5. The fraction of sp³-hybridized carbons (Fsp3) is 0.533. The van der Waals surface area contributed by atoms with Crippen LogP contribution in [0.3, 0.4) is 0 Å². The first kappa shape index (κ1) is 28.1. The molecule has 1 atom stereocenters. The van der Waals surface area contributed by atoms with Gasteiger partial charge in [0.2, 0.25) is 17.7 Å². The molecule has 222 valence electrons. The molecule has 4 heterocycles. The van der Waals surface area contributed by atoms with Crippen LogP contribution in [-0.2, 0) is 25.7 Å². The Morgan fingerprint density at radius 2 is 1.79 bits per heavy atom. The van der Waals surface area contributed by atoms with Crippen LogP contribution in [0.2, 0.25) is 0 Å². The van der Waals surface area contributed by atoms with E-state index < -0.39 is 29.7 Å². The van der Waals surface area contributed by atoms with E-state index in [2.05, 4.69) is 15.7 Å². The Labute approximate surface area is 243 Å². The smallest absolute Gasteiger partial charge is 0.264 e. The van der Waals surface area contributed by atoms with Gasteiger partial charge in [0.15, 0.2) is 0 Å². The quantitative estimate of drug-likeness (QED) is 0.478. The van der Waals surface area contributed by atoms with Crippen LogP contribution in [0.15, 0.2) is 30.6 Å². The SMILES string of the molecule is CO[C@H]1CC[C@H](C(=O)N2CCC(n3cc(CNc4cccc5c4C(=O)N(C4CCC(=O)NC4=O)C5=O)cn3)CC2)CC1. The highest BCUT2D eigenvalue weighted by molar-refractivity contribution is 6.25. The lowest BCUT2D eigenvalue weighted by Crippen LogP contribution is -2.54. The Morgan fingerprint density at radius 1 is 1.02 bits per heavy atom. The third kappa shape index (κ3) is 5.31. The minimum absolute atomic E-state index is 0.0734. The van der Waals surface area contributed by atoms with E-state index in [1.54, 1.807) is 31.5 Å². The van der Waals surface area contributed by atoms with E-state index >= 15 is 0 Å². The fourth-order valence-electron chi connectivity index (χ4n) is 6.68. The van der Waals surface area contributed by atoms with Gasteiger partial charge in [0.1, 0.15) is 6.04 Å². The molecule has 3 aliphatic heterocycles. The van der Waals surface area contributed by atoms with E-state index in [9.17, 15) is 24.0 Å². The number of rotatable bonds is 7. The van der Waals surface area contributed by atoms with Crippen molar-refractivity contribution in [2.45, 2.75) is 76.1 Å². The number of hydrogen-bond donors (Lipinski definition) is 2. The lowest BCUT2D eigenvalue weighted by atomic mass is 9.86. The molecular formula is C30H36N6O6. The molecule has 4 aliphatic rings. The third-order valence-corrected chi connectivity index (χ3v) is 9.11. The Hall–Kier alpha value is -4.06. The molecule has 42 heavy (non-hydrogen) atoms. The highest BCUT2D eigenvalue weighted by Gasteiger charge is 2.45. The van der Waals surface area contributed by atoms with Gasteiger partial charge < -0.3 is 15.0 Å². The number of anilines is 1. The molecule has 0 bridgehead atoms. The highest BCUT2D eigenvalue weighted by Crippen LogP contribution is 2.33. The highest BCUT2D eigenvalue weighted by atomic mass is 16.5. The third-order valence-electron chi connectivity index (χ3n) is 9.11. The summed E-state index contributed by atoms with van der Waals surface area (Å²) in [7, 11) is 1.74. The second-order valence-electron chi connectivity index (χ2n) is 11.6. The number of ether oxygens (including phenoxy) is 1. The largest absolute Gasteiger partial charge is 0.381 e. The Balaban J connectivity index is 1.05. The number of imide groups is 2. The Kier molecular flexibility index (Phi) is 7.80. The summed E-state index contributed by atoms with van der Waals surface area (Å²) in [5, 5.41) is 10.1. The van der Waals surface area contributed by atoms with Gasteiger partial charge >= 0.3 is 0 Å². The minimum atomic E-state index is -1.01. The predicted octanol–water partition coefficient (Wildman–Crippen LogP) is 2.27. The van der Waals surface area contributed by atoms with Crippen LogP contribution in [0.5, 0.6) is 0 Å². The summed E-state index contributed by atoms with van der Waals surface area (Å²) in [6.07, 6.45) is 9.59. The first-order chi connectivity index (χ1) is 20.3. The van der Waals surface area contributed by atoms with E-state index in [1.165, 1.54) is 0 Å². The van der Waals surface area contributed by atoms with Gasteiger partial charge in [-0.15, -0.1) is 0 Å². The molecule has 1 aliphatic carbocycles. The zero-order chi connectivity index (χ0) is 29.4.